The highest BCUT2D eigenvalue weighted by molar-refractivity contribution is 8.03. The summed E-state index contributed by atoms with van der Waals surface area (Å²) in [4.78, 5) is 1.35. The first-order valence-corrected chi connectivity index (χ1v) is 6.93. The fraction of sp³-hybridized carbons (Fsp3) is 0.692. The smallest absolute Gasteiger partial charge is 0.109 e. The van der Waals surface area contributed by atoms with Crippen LogP contribution in [0.15, 0.2) is 22.8 Å². The predicted molar refractivity (Wildman–Crippen MR) is 69.0 cm³/mol. The van der Waals surface area contributed by atoms with E-state index >= 15 is 0 Å². The molecule has 0 aromatic carbocycles. The van der Waals surface area contributed by atoms with Gasteiger partial charge in [0.2, 0.25) is 0 Å². The Hall–Kier alpha value is -0.370. The van der Waals surface area contributed by atoms with Crippen molar-refractivity contribution in [3.05, 3.63) is 22.8 Å². The van der Waals surface area contributed by atoms with Gasteiger partial charge in [0.25, 0.3) is 0 Å². The monoisotopic (exact) mass is 226 g/mol. The van der Waals surface area contributed by atoms with E-state index in [1.54, 1.807) is 7.11 Å². The molecule has 0 saturated heterocycles. The molecular formula is C13H22OS. The van der Waals surface area contributed by atoms with Crippen LogP contribution in [-0.4, -0.2) is 12.9 Å². The molecule has 86 valence electrons. The van der Waals surface area contributed by atoms with Crippen molar-refractivity contribution in [1.29, 1.82) is 0 Å². The first kappa shape index (κ1) is 12.7. The zero-order valence-electron chi connectivity index (χ0n) is 9.92. The summed E-state index contributed by atoms with van der Waals surface area (Å²) in [7, 11) is 1.78. The van der Waals surface area contributed by atoms with Crippen molar-refractivity contribution in [2.75, 3.05) is 12.9 Å². The molecule has 1 aliphatic carbocycles. The van der Waals surface area contributed by atoms with Crippen LogP contribution in [0.2, 0.25) is 0 Å². The molecule has 15 heavy (non-hydrogen) atoms. The standard InChI is InChI=1S/C13H22OS/c1-3-4-5-8-11-15-13-10-7-6-9-12(13)14-2/h7,10H,3-6,8-9,11H2,1-2H3. The molecule has 0 fully saturated rings. The summed E-state index contributed by atoms with van der Waals surface area (Å²) >= 11 is 1.95. The second-order valence-corrected chi connectivity index (χ2v) is 4.98. The summed E-state index contributed by atoms with van der Waals surface area (Å²) in [6.07, 6.45) is 12.0. The maximum Gasteiger partial charge on any atom is 0.109 e. The highest BCUT2D eigenvalue weighted by Gasteiger charge is 2.08. The second-order valence-electron chi connectivity index (χ2n) is 3.84. The molecule has 0 bridgehead atoms. The van der Waals surface area contributed by atoms with E-state index in [-0.39, 0.29) is 0 Å². The Bertz CT molecular complexity index is 231. The molecule has 0 N–H and O–H groups in total. The predicted octanol–water partition coefficient (Wildman–Crippen LogP) is 4.51. The van der Waals surface area contributed by atoms with Crippen LogP contribution in [0.25, 0.3) is 0 Å². The summed E-state index contributed by atoms with van der Waals surface area (Å²) in [6.45, 7) is 2.25. The number of thioether (sulfide) groups is 1. The SMILES string of the molecule is CCCCCCSC1=C(OC)CCC=C1. The van der Waals surface area contributed by atoms with Gasteiger partial charge in [0.15, 0.2) is 0 Å². The Morgan fingerprint density at radius 3 is 2.93 bits per heavy atom. The van der Waals surface area contributed by atoms with E-state index < -0.39 is 0 Å². The lowest BCUT2D eigenvalue weighted by Crippen LogP contribution is -1.95. The number of hydrogen-bond donors (Lipinski definition) is 0. The van der Waals surface area contributed by atoms with E-state index in [0.717, 1.165) is 12.8 Å². The molecule has 0 spiro atoms. The molecule has 0 aromatic rings. The molecule has 0 aliphatic heterocycles. The Balaban J connectivity index is 2.24. The molecule has 0 radical (unpaired) electrons. The lowest BCUT2D eigenvalue weighted by Gasteiger charge is -2.14. The molecule has 1 nitrogen and oxygen atoms in total. The third-order valence-electron chi connectivity index (χ3n) is 2.58. The maximum atomic E-state index is 5.39. The van der Waals surface area contributed by atoms with Gasteiger partial charge in [0, 0.05) is 11.3 Å². The van der Waals surface area contributed by atoms with Crippen LogP contribution in [0.3, 0.4) is 0 Å². The van der Waals surface area contributed by atoms with E-state index in [1.165, 1.54) is 42.1 Å². The van der Waals surface area contributed by atoms with E-state index in [9.17, 15) is 0 Å². The fourth-order valence-corrected chi connectivity index (χ4v) is 2.77. The van der Waals surface area contributed by atoms with Gasteiger partial charge in [-0.15, -0.1) is 11.8 Å². The molecule has 0 unspecified atom stereocenters. The van der Waals surface area contributed by atoms with Gasteiger partial charge in [-0.25, -0.2) is 0 Å². The van der Waals surface area contributed by atoms with Gasteiger partial charge in [0.05, 0.1) is 7.11 Å². The summed E-state index contributed by atoms with van der Waals surface area (Å²) in [6, 6.07) is 0. The first-order chi connectivity index (χ1) is 7.38. The van der Waals surface area contributed by atoms with Crippen LogP contribution >= 0.6 is 11.8 Å². The largest absolute Gasteiger partial charge is 0.500 e. The van der Waals surface area contributed by atoms with Crippen molar-refractivity contribution >= 4 is 11.8 Å². The van der Waals surface area contributed by atoms with Crippen molar-refractivity contribution < 1.29 is 4.74 Å². The van der Waals surface area contributed by atoms with Crippen molar-refractivity contribution in [2.45, 2.75) is 45.4 Å². The molecule has 0 atom stereocenters. The van der Waals surface area contributed by atoms with Crippen molar-refractivity contribution in [1.82, 2.24) is 0 Å². The maximum absolute atomic E-state index is 5.39. The third kappa shape index (κ3) is 4.78. The zero-order chi connectivity index (χ0) is 10.9. The summed E-state index contributed by atoms with van der Waals surface area (Å²) in [5.41, 5.74) is 0. The number of hydrogen-bond acceptors (Lipinski definition) is 2. The molecule has 0 amide bonds. The van der Waals surface area contributed by atoms with Crippen molar-refractivity contribution in [3.63, 3.8) is 0 Å². The number of rotatable bonds is 7. The Kier molecular flexibility index (Phi) is 6.66. The topological polar surface area (TPSA) is 9.23 Å². The molecule has 1 aliphatic rings. The van der Waals surface area contributed by atoms with Crippen LogP contribution in [0.5, 0.6) is 0 Å². The van der Waals surface area contributed by atoms with Crippen LogP contribution in [0, 0.1) is 0 Å². The molecule has 0 saturated carbocycles. The fourth-order valence-electron chi connectivity index (χ4n) is 1.66. The summed E-state index contributed by atoms with van der Waals surface area (Å²) in [5.74, 6) is 2.41. The average molecular weight is 226 g/mol. The minimum Gasteiger partial charge on any atom is -0.500 e. The van der Waals surface area contributed by atoms with Gasteiger partial charge < -0.3 is 4.74 Å². The Morgan fingerprint density at radius 2 is 2.20 bits per heavy atom. The molecule has 1 rings (SSSR count). The highest BCUT2D eigenvalue weighted by atomic mass is 32.2. The van der Waals surface area contributed by atoms with E-state index in [2.05, 4.69) is 19.1 Å². The van der Waals surface area contributed by atoms with Gasteiger partial charge in [-0.3, -0.25) is 0 Å². The van der Waals surface area contributed by atoms with Crippen molar-refractivity contribution in [3.8, 4) is 0 Å². The van der Waals surface area contributed by atoms with Gasteiger partial charge in [-0.2, -0.15) is 0 Å². The zero-order valence-corrected chi connectivity index (χ0v) is 10.7. The minimum absolute atomic E-state index is 1.07. The van der Waals surface area contributed by atoms with Gasteiger partial charge in [-0.05, 0) is 24.7 Å². The lowest BCUT2D eigenvalue weighted by molar-refractivity contribution is 0.275. The summed E-state index contributed by atoms with van der Waals surface area (Å²) < 4.78 is 5.39. The molecule has 0 aromatic heterocycles. The molecule has 2 heteroatoms. The van der Waals surface area contributed by atoms with Crippen LogP contribution < -0.4 is 0 Å². The molecule has 0 heterocycles. The number of unbranched alkanes of at least 4 members (excludes halogenated alkanes) is 3. The van der Waals surface area contributed by atoms with E-state index in [0.29, 0.717) is 0 Å². The van der Waals surface area contributed by atoms with Crippen LogP contribution in [0.1, 0.15) is 45.4 Å². The van der Waals surface area contributed by atoms with Gasteiger partial charge in [-0.1, -0.05) is 32.3 Å². The lowest BCUT2D eigenvalue weighted by atomic mass is 10.2. The summed E-state index contributed by atoms with van der Waals surface area (Å²) in [5, 5.41) is 0. The normalized spacial score (nSPS) is 15.9. The van der Waals surface area contributed by atoms with Gasteiger partial charge in [0.1, 0.15) is 5.76 Å². The van der Waals surface area contributed by atoms with E-state index in [4.69, 9.17) is 4.74 Å². The second kappa shape index (κ2) is 7.86. The number of ether oxygens (including phenoxy) is 1. The number of methoxy groups -OCH3 is 1. The third-order valence-corrected chi connectivity index (χ3v) is 3.75. The quantitative estimate of drug-likeness (QED) is 0.591. The Labute approximate surface area is 98.0 Å². The van der Waals surface area contributed by atoms with Crippen LogP contribution in [-0.2, 0) is 4.74 Å². The average Bonchev–Trinajstić information content (AvgIpc) is 2.29. The Morgan fingerprint density at radius 1 is 1.33 bits per heavy atom. The molecular weight excluding hydrogens is 204 g/mol. The van der Waals surface area contributed by atoms with E-state index in [1.807, 2.05) is 11.8 Å². The first-order valence-electron chi connectivity index (χ1n) is 5.95. The highest BCUT2D eigenvalue weighted by Crippen LogP contribution is 2.29. The van der Waals surface area contributed by atoms with Crippen molar-refractivity contribution in [2.24, 2.45) is 0 Å². The van der Waals surface area contributed by atoms with Crippen LogP contribution in [0.4, 0.5) is 0 Å². The minimum atomic E-state index is 1.07. The number of allylic oxidation sites excluding steroid dienone is 3. The van der Waals surface area contributed by atoms with Gasteiger partial charge >= 0.3 is 0 Å².